The zero-order chi connectivity index (χ0) is 29.2. The summed E-state index contributed by atoms with van der Waals surface area (Å²) in [7, 11) is 9.70. The van der Waals surface area contributed by atoms with Crippen LogP contribution in [0.25, 0.3) is 0 Å². The van der Waals surface area contributed by atoms with Crippen LogP contribution in [0, 0.1) is 17.8 Å². The van der Waals surface area contributed by atoms with E-state index in [1.54, 1.807) is 42.7 Å². The molecule has 3 N–H and O–H groups in total. The number of aromatic hydroxyl groups is 1. The number of phenolic OH excluding ortho intramolecular Hbond substituents is 1. The molecular weight excluding hydrogens is 516 g/mol. The smallest absolute Gasteiger partial charge is 0.126 e. The van der Waals surface area contributed by atoms with Crippen LogP contribution in [0.15, 0.2) is 46.8 Å². The highest BCUT2D eigenvalue weighted by atomic mass is 16.5. The maximum atomic E-state index is 11.1. The number of aliphatic hydroxyl groups excluding tert-OH is 2. The molecule has 0 saturated carbocycles. The van der Waals surface area contributed by atoms with Gasteiger partial charge < -0.3 is 43.7 Å². The number of methoxy groups -OCH3 is 6. The first-order chi connectivity index (χ1) is 19.3. The Morgan fingerprint density at radius 1 is 0.750 bits per heavy atom. The van der Waals surface area contributed by atoms with E-state index in [2.05, 4.69) is 12.2 Å². The van der Waals surface area contributed by atoms with Gasteiger partial charge in [0.05, 0.1) is 45.7 Å². The lowest BCUT2D eigenvalue weighted by Crippen LogP contribution is -2.38. The van der Waals surface area contributed by atoms with Crippen LogP contribution < -0.4 is 0 Å². The maximum absolute atomic E-state index is 11.1. The zero-order valence-corrected chi connectivity index (χ0v) is 24.6. The van der Waals surface area contributed by atoms with Crippen molar-refractivity contribution in [1.82, 2.24) is 0 Å². The van der Waals surface area contributed by atoms with Crippen molar-refractivity contribution in [3.8, 4) is 5.75 Å². The first-order valence-corrected chi connectivity index (χ1v) is 13.6. The Balaban J connectivity index is 2.24. The van der Waals surface area contributed by atoms with Crippen molar-refractivity contribution in [2.45, 2.75) is 38.1 Å². The van der Waals surface area contributed by atoms with Crippen molar-refractivity contribution in [2.24, 2.45) is 17.8 Å². The van der Waals surface area contributed by atoms with E-state index in [9.17, 15) is 15.3 Å². The molecule has 0 fully saturated rings. The number of phenols is 1. The number of rotatable bonds is 15. The van der Waals surface area contributed by atoms with E-state index >= 15 is 0 Å². The Labute approximate surface area is 238 Å². The summed E-state index contributed by atoms with van der Waals surface area (Å²) in [5.74, 6) is -0.161. The van der Waals surface area contributed by atoms with Gasteiger partial charge in [-0.3, -0.25) is 0 Å². The summed E-state index contributed by atoms with van der Waals surface area (Å²) in [4.78, 5) is 0. The van der Waals surface area contributed by atoms with Gasteiger partial charge in [0.25, 0.3) is 0 Å². The molecule has 0 amide bonds. The van der Waals surface area contributed by atoms with E-state index in [-0.39, 0.29) is 55.0 Å². The number of hydrogen-bond acceptors (Lipinski definition) is 9. The number of allylic oxidation sites excluding steroid dienone is 2. The van der Waals surface area contributed by atoms with E-state index in [1.165, 1.54) is 0 Å². The first kappa shape index (κ1) is 32.3. The van der Waals surface area contributed by atoms with Gasteiger partial charge in [-0.15, -0.1) is 0 Å². The minimum absolute atomic E-state index is 0.0607. The molecule has 9 nitrogen and oxygen atoms in total. The standard InChI is InChI=1S/C31H46O9/c1-35-13-22-7-19(8-23(14-36-2)29(22)32)28(20-9-24(15-37-3)30(33)25(10-20)16-38-4)21-11-26(17-39-5)31(34)27(12-21)18-40-6/h7-9,11,20,26-28,31-34H,10,12-18H2,1-6H3. The molecule has 1 aromatic rings. The van der Waals surface area contributed by atoms with Crippen molar-refractivity contribution < 1.29 is 43.7 Å². The van der Waals surface area contributed by atoms with Gasteiger partial charge in [-0.1, -0.05) is 17.7 Å². The Morgan fingerprint density at radius 3 is 1.90 bits per heavy atom. The normalized spacial score (nSPS) is 24.2. The number of aliphatic hydroxyl groups is 2. The fourth-order valence-electron chi connectivity index (χ4n) is 6.18. The molecule has 9 heteroatoms. The average molecular weight is 563 g/mol. The first-order valence-electron chi connectivity index (χ1n) is 13.6. The van der Waals surface area contributed by atoms with Crippen molar-refractivity contribution >= 4 is 0 Å². The van der Waals surface area contributed by atoms with Gasteiger partial charge in [0, 0.05) is 77.1 Å². The fraction of sp³-hybridized carbons (Fsp3) is 0.613. The van der Waals surface area contributed by atoms with Crippen LogP contribution in [0.4, 0.5) is 0 Å². The predicted octanol–water partition coefficient (Wildman–Crippen LogP) is 4.04. The van der Waals surface area contributed by atoms with Crippen LogP contribution in [-0.4, -0.2) is 90.5 Å². The fourth-order valence-corrected chi connectivity index (χ4v) is 6.18. The molecule has 0 saturated heterocycles. The number of ether oxygens (including phenoxy) is 6. The van der Waals surface area contributed by atoms with Crippen LogP contribution in [0.2, 0.25) is 0 Å². The monoisotopic (exact) mass is 562 g/mol. The second-order valence-corrected chi connectivity index (χ2v) is 10.7. The molecule has 1 aromatic carbocycles. The summed E-state index contributed by atoms with van der Waals surface area (Å²) < 4.78 is 32.7. The summed E-state index contributed by atoms with van der Waals surface area (Å²) in [5, 5.41) is 33.1. The summed E-state index contributed by atoms with van der Waals surface area (Å²) in [6.07, 6.45) is 4.82. The van der Waals surface area contributed by atoms with E-state index < -0.39 is 6.10 Å². The zero-order valence-electron chi connectivity index (χ0n) is 24.6. The lowest BCUT2D eigenvalue weighted by molar-refractivity contribution is -0.00689. The van der Waals surface area contributed by atoms with Gasteiger partial charge in [0.1, 0.15) is 11.5 Å². The molecule has 0 spiro atoms. The van der Waals surface area contributed by atoms with Gasteiger partial charge in [0.2, 0.25) is 0 Å². The van der Waals surface area contributed by atoms with Crippen LogP contribution in [0.1, 0.15) is 35.4 Å². The van der Waals surface area contributed by atoms with Gasteiger partial charge in [-0.25, -0.2) is 0 Å². The van der Waals surface area contributed by atoms with E-state index in [4.69, 9.17) is 28.4 Å². The Bertz CT molecular complexity index is 1030. The van der Waals surface area contributed by atoms with E-state index in [0.717, 1.165) is 16.7 Å². The van der Waals surface area contributed by atoms with Gasteiger partial charge in [-0.05, 0) is 42.0 Å². The lowest BCUT2D eigenvalue weighted by Gasteiger charge is -2.39. The highest BCUT2D eigenvalue weighted by molar-refractivity contribution is 5.48. The number of hydrogen-bond donors (Lipinski definition) is 3. The van der Waals surface area contributed by atoms with Gasteiger partial charge in [-0.2, -0.15) is 0 Å². The molecule has 5 unspecified atom stereocenters. The van der Waals surface area contributed by atoms with Crippen molar-refractivity contribution in [3.05, 3.63) is 63.5 Å². The Morgan fingerprint density at radius 2 is 1.35 bits per heavy atom. The van der Waals surface area contributed by atoms with Gasteiger partial charge in [0.15, 0.2) is 0 Å². The maximum Gasteiger partial charge on any atom is 0.126 e. The Kier molecular flexibility index (Phi) is 12.6. The molecule has 5 atom stereocenters. The molecule has 224 valence electrons. The van der Waals surface area contributed by atoms with Crippen LogP contribution in [-0.2, 0) is 41.6 Å². The van der Waals surface area contributed by atoms with Crippen molar-refractivity contribution in [2.75, 3.05) is 69.1 Å². The third-order valence-corrected chi connectivity index (χ3v) is 7.82. The summed E-state index contributed by atoms with van der Waals surface area (Å²) >= 11 is 0. The van der Waals surface area contributed by atoms with Crippen LogP contribution in [0.5, 0.6) is 5.75 Å². The molecule has 0 bridgehead atoms. The van der Waals surface area contributed by atoms with E-state index in [0.29, 0.717) is 49.4 Å². The molecule has 0 aromatic heterocycles. The third kappa shape index (κ3) is 7.53. The lowest BCUT2D eigenvalue weighted by atomic mass is 9.68. The molecule has 0 radical (unpaired) electrons. The quantitative estimate of drug-likeness (QED) is 0.273. The summed E-state index contributed by atoms with van der Waals surface area (Å²) in [5.41, 5.74) is 4.98. The van der Waals surface area contributed by atoms with Crippen LogP contribution in [0.3, 0.4) is 0 Å². The average Bonchev–Trinajstić information content (AvgIpc) is 2.92. The van der Waals surface area contributed by atoms with Crippen molar-refractivity contribution in [3.63, 3.8) is 0 Å². The largest absolute Gasteiger partial charge is 0.508 e. The Hall–Kier alpha value is -2.24. The molecule has 2 aliphatic rings. The predicted molar refractivity (Wildman–Crippen MR) is 151 cm³/mol. The van der Waals surface area contributed by atoms with Crippen LogP contribution >= 0.6 is 0 Å². The van der Waals surface area contributed by atoms with Crippen molar-refractivity contribution in [1.29, 1.82) is 0 Å². The molecule has 40 heavy (non-hydrogen) atoms. The minimum Gasteiger partial charge on any atom is -0.508 e. The van der Waals surface area contributed by atoms with E-state index in [1.807, 2.05) is 12.1 Å². The molecule has 0 heterocycles. The third-order valence-electron chi connectivity index (χ3n) is 7.82. The molecule has 2 aliphatic carbocycles. The minimum atomic E-state index is -0.601. The highest BCUT2D eigenvalue weighted by Gasteiger charge is 2.38. The second-order valence-electron chi connectivity index (χ2n) is 10.7. The SMILES string of the molecule is COCC1=CC(C(C2=CC(COC)C(O)C(COC)C2)c2cc(COC)c(O)c(COC)c2)CC(COC)=C1O. The molecule has 3 rings (SSSR count). The number of benzene rings is 1. The topological polar surface area (TPSA) is 116 Å². The van der Waals surface area contributed by atoms with Gasteiger partial charge >= 0.3 is 0 Å². The molecule has 0 aliphatic heterocycles. The summed E-state index contributed by atoms with van der Waals surface area (Å²) in [6, 6.07) is 3.98. The summed E-state index contributed by atoms with van der Waals surface area (Å²) in [6.45, 7) is 1.83. The molecular formula is C31H46O9. The highest BCUT2D eigenvalue weighted by Crippen LogP contribution is 2.47. The second kappa shape index (κ2) is 15.7.